The number of carbonyl (C=O) groups is 2. The largest absolute Gasteiger partial charge is 0.449 e. The van der Waals surface area contributed by atoms with Crippen LogP contribution in [0.15, 0.2) is 59.0 Å². The molecule has 3 aromatic rings. The number of nitrogens with one attached hydrogen (secondary N) is 1. The lowest BCUT2D eigenvalue weighted by atomic mass is 10.0. The Morgan fingerprint density at radius 3 is 2.45 bits per heavy atom. The predicted octanol–water partition coefficient (Wildman–Crippen LogP) is 4.04. The summed E-state index contributed by atoms with van der Waals surface area (Å²) >= 11 is 0. The molecule has 0 spiro atoms. The first-order valence-electron chi connectivity index (χ1n) is 9.54. The van der Waals surface area contributed by atoms with Gasteiger partial charge in [-0.1, -0.05) is 55.5 Å². The first-order chi connectivity index (χ1) is 14.0. The molecule has 0 saturated heterocycles. The fraction of sp³-hybridized carbons (Fsp3) is 0.304. The van der Waals surface area contributed by atoms with Gasteiger partial charge in [0.25, 0.3) is 5.91 Å². The maximum absolute atomic E-state index is 12.6. The Hall–Kier alpha value is -3.12. The molecule has 2 aromatic carbocycles. The molecule has 1 N–H and O–H groups in total. The SMILES string of the molecule is COCc1c(C(=O)O[C@H](C)C(=O)NC[C@H](C)c2ccccc2)oc2ccccc12. The van der Waals surface area contributed by atoms with E-state index in [-0.39, 0.29) is 24.2 Å². The summed E-state index contributed by atoms with van der Waals surface area (Å²) in [6.07, 6.45) is -0.950. The third-order valence-corrected chi connectivity index (χ3v) is 4.78. The van der Waals surface area contributed by atoms with Crippen molar-refractivity contribution in [1.82, 2.24) is 5.32 Å². The molecule has 6 heteroatoms. The Morgan fingerprint density at radius 2 is 1.72 bits per heavy atom. The first-order valence-corrected chi connectivity index (χ1v) is 9.54. The molecular formula is C23H25NO5. The van der Waals surface area contributed by atoms with Gasteiger partial charge in [0.1, 0.15) is 5.58 Å². The molecule has 29 heavy (non-hydrogen) atoms. The van der Waals surface area contributed by atoms with Crippen molar-refractivity contribution in [2.75, 3.05) is 13.7 Å². The lowest BCUT2D eigenvalue weighted by Crippen LogP contribution is -2.37. The van der Waals surface area contributed by atoms with Gasteiger partial charge >= 0.3 is 5.97 Å². The van der Waals surface area contributed by atoms with E-state index >= 15 is 0 Å². The van der Waals surface area contributed by atoms with E-state index in [2.05, 4.69) is 5.32 Å². The van der Waals surface area contributed by atoms with Crippen molar-refractivity contribution in [2.45, 2.75) is 32.5 Å². The molecule has 0 aliphatic heterocycles. The minimum atomic E-state index is -0.950. The Kier molecular flexibility index (Phi) is 6.67. The molecule has 6 nitrogen and oxygen atoms in total. The Labute approximate surface area is 169 Å². The van der Waals surface area contributed by atoms with Crippen LogP contribution < -0.4 is 5.32 Å². The number of furan rings is 1. The highest BCUT2D eigenvalue weighted by Gasteiger charge is 2.26. The average molecular weight is 395 g/mol. The minimum absolute atomic E-state index is 0.0605. The van der Waals surface area contributed by atoms with Gasteiger partial charge in [-0.2, -0.15) is 0 Å². The van der Waals surface area contributed by atoms with E-state index in [0.29, 0.717) is 17.7 Å². The highest BCUT2D eigenvalue weighted by atomic mass is 16.6. The summed E-state index contributed by atoms with van der Waals surface area (Å²) in [6.45, 7) is 4.22. The molecule has 0 bridgehead atoms. The van der Waals surface area contributed by atoms with Crippen LogP contribution in [0, 0.1) is 0 Å². The van der Waals surface area contributed by atoms with E-state index < -0.39 is 12.1 Å². The molecule has 0 aliphatic rings. The Morgan fingerprint density at radius 1 is 1.03 bits per heavy atom. The molecule has 3 rings (SSSR count). The van der Waals surface area contributed by atoms with Gasteiger partial charge in [-0.3, -0.25) is 4.79 Å². The van der Waals surface area contributed by atoms with E-state index in [0.717, 1.165) is 10.9 Å². The number of rotatable bonds is 8. The Balaban J connectivity index is 1.63. The van der Waals surface area contributed by atoms with Gasteiger partial charge in [0.2, 0.25) is 5.76 Å². The number of hydrogen-bond acceptors (Lipinski definition) is 5. The van der Waals surface area contributed by atoms with Gasteiger partial charge in [0, 0.05) is 24.6 Å². The molecule has 0 aliphatic carbocycles. The summed E-state index contributed by atoms with van der Waals surface area (Å²) in [6, 6.07) is 17.2. The van der Waals surface area contributed by atoms with Crippen molar-refractivity contribution in [1.29, 1.82) is 0 Å². The summed E-state index contributed by atoms with van der Waals surface area (Å²) in [4.78, 5) is 25.0. The van der Waals surface area contributed by atoms with E-state index in [1.807, 2.05) is 55.5 Å². The Bertz CT molecular complexity index is 979. The number of hydrogen-bond donors (Lipinski definition) is 1. The van der Waals surface area contributed by atoms with Crippen LogP contribution in [-0.2, 0) is 20.9 Å². The third kappa shape index (κ3) is 4.84. The first kappa shape index (κ1) is 20.6. The smallest absolute Gasteiger partial charge is 0.375 e. The highest BCUT2D eigenvalue weighted by molar-refractivity contribution is 5.97. The van der Waals surface area contributed by atoms with Crippen LogP contribution in [0.3, 0.4) is 0 Å². The molecular weight excluding hydrogens is 370 g/mol. The van der Waals surface area contributed by atoms with Crippen LogP contribution in [0.25, 0.3) is 11.0 Å². The number of carbonyl (C=O) groups excluding carboxylic acids is 2. The van der Waals surface area contributed by atoms with E-state index in [1.165, 1.54) is 0 Å². The molecule has 1 aromatic heterocycles. The van der Waals surface area contributed by atoms with E-state index in [1.54, 1.807) is 20.1 Å². The second kappa shape index (κ2) is 9.39. The maximum atomic E-state index is 12.6. The third-order valence-electron chi connectivity index (χ3n) is 4.78. The van der Waals surface area contributed by atoms with Crippen LogP contribution in [-0.4, -0.2) is 31.6 Å². The van der Waals surface area contributed by atoms with Gasteiger partial charge in [-0.05, 0) is 24.5 Å². The number of esters is 1. The van der Waals surface area contributed by atoms with Crippen molar-refractivity contribution < 1.29 is 23.5 Å². The topological polar surface area (TPSA) is 77.8 Å². The zero-order valence-corrected chi connectivity index (χ0v) is 16.8. The number of methoxy groups -OCH3 is 1. The second-order valence-electron chi connectivity index (χ2n) is 6.94. The molecule has 0 fully saturated rings. The predicted molar refractivity (Wildman–Crippen MR) is 110 cm³/mol. The quantitative estimate of drug-likeness (QED) is 0.583. The number of amides is 1. The van der Waals surface area contributed by atoms with Crippen LogP contribution in [0.5, 0.6) is 0 Å². The molecule has 0 saturated carbocycles. The van der Waals surface area contributed by atoms with Gasteiger partial charge in [0.15, 0.2) is 6.10 Å². The van der Waals surface area contributed by atoms with E-state index in [4.69, 9.17) is 13.9 Å². The van der Waals surface area contributed by atoms with Crippen molar-refractivity contribution in [2.24, 2.45) is 0 Å². The summed E-state index contributed by atoms with van der Waals surface area (Å²) in [5, 5.41) is 3.62. The molecule has 0 unspecified atom stereocenters. The summed E-state index contributed by atoms with van der Waals surface area (Å²) in [5.41, 5.74) is 2.31. The number of fused-ring (bicyclic) bond motifs is 1. The van der Waals surface area contributed by atoms with Gasteiger partial charge in [0.05, 0.1) is 6.61 Å². The van der Waals surface area contributed by atoms with Gasteiger partial charge in [-0.25, -0.2) is 4.79 Å². The fourth-order valence-electron chi connectivity index (χ4n) is 3.12. The van der Waals surface area contributed by atoms with Crippen molar-refractivity contribution in [3.63, 3.8) is 0 Å². The number of benzene rings is 2. The van der Waals surface area contributed by atoms with Crippen molar-refractivity contribution >= 4 is 22.8 Å². The summed E-state index contributed by atoms with van der Waals surface area (Å²) in [7, 11) is 1.54. The standard InChI is InChI=1S/C23H25NO5/c1-15(17-9-5-4-6-10-17)13-24-22(25)16(2)28-23(26)21-19(14-27-3)18-11-7-8-12-20(18)29-21/h4-12,15-16H,13-14H2,1-3H3,(H,24,25)/t15-,16+/m0/s1. The van der Waals surface area contributed by atoms with Gasteiger partial charge in [-0.15, -0.1) is 0 Å². The van der Waals surface area contributed by atoms with Crippen molar-refractivity contribution in [3.05, 3.63) is 71.5 Å². The average Bonchev–Trinajstić information content (AvgIpc) is 3.11. The number of para-hydroxylation sites is 1. The summed E-state index contributed by atoms with van der Waals surface area (Å²) in [5.74, 6) is -0.838. The lowest BCUT2D eigenvalue weighted by molar-refractivity contribution is -0.129. The lowest BCUT2D eigenvalue weighted by Gasteiger charge is -2.16. The highest BCUT2D eigenvalue weighted by Crippen LogP contribution is 2.27. The fourth-order valence-corrected chi connectivity index (χ4v) is 3.12. The normalized spacial score (nSPS) is 13.1. The molecule has 0 radical (unpaired) electrons. The zero-order chi connectivity index (χ0) is 20.8. The van der Waals surface area contributed by atoms with Crippen LogP contribution in [0.4, 0.5) is 0 Å². The second-order valence-corrected chi connectivity index (χ2v) is 6.94. The van der Waals surface area contributed by atoms with Crippen LogP contribution in [0.2, 0.25) is 0 Å². The monoisotopic (exact) mass is 395 g/mol. The molecule has 1 heterocycles. The van der Waals surface area contributed by atoms with Crippen LogP contribution in [0.1, 0.15) is 41.4 Å². The maximum Gasteiger partial charge on any atom is 0.375 e. The minimum Gasteiger partial charge on any atom is -0.449 e. The zero-order valence-electron chi connectivity index (χ0n) is 16.8. The molecule has 2 atom stereocenters. The van der Waals surface area contributed by atoms with E-state index in [9.17, 15) is 9.59 Å². The summed E-state index contributed by atoms with van der Waals surface area (Å²) < 4.78 is 16.2. The number of ether oxygens (including phenoxy) is 2. The molecule has 1 amide bonds. The van der Waals surface area contributed by atoms with Gasteiger partial charge < -0.3 is 19.2 Å². The molecule has 152 valence electrons. The van der Waals surface area contributed by atoms with Crippen LogP contribution >= 0.6 is 0 Å². The van der Waals surface area contributed by atoms with Crippen molar-refractivity contribution in [3.8, 4) is 0 Å².